The summed E-state index contributed by atoms with van der Waals surface area (Å²) in [6.45, 7) is 1.42. The summed E-state index contributed by atoms with van der Waals surface area (Å²) in [6.07, 6.45) is 4.29. The number of primary amides is 1. The minimum absolute atomic E-state index is 0.114. The van der Waals surface area contributed by atoms with Gasteiger partial charge in [-0.25, -0.2) is 0 Å². The fourth-order valence-corrected chi connectivity index (χ4v) is 4.23. The number of nitrogens with zero attached hydrogens (tertiary/aromatic N) is 1. The molecule has 4 rings (SSSR count). The van der Waals surface area contributed by atoms with Crippen LogP contribution in [0.5, 0.6) is 0 Å². The molecule has 0 radical (unpaired) electrons. The van der Waals surface area contributed by atoms with Gasteiger partial charge in [0.15, 0.2) is 0 Å². The van der Waals surface area contributed by atoms with E-state index in [0.29, 0.717) is 25.4 Å². The van der Waals surface area contributed by atoms with Crippen LogP contribution in [0.2, 0.25) is 0 Å². The van der Waals surface area contributed by atoms with Crippen molar-refractivity contribution >= 4 is 22.6 Å². The summed E-state index contributed by atoms with van der Waals surface area (Å²) in [5, 5.41) is 2.37. The molecule has 1 fully saturated rings. The van der Waals surface area contributed by atoms with E-state index >= 15 is 0 Å². The molecule has 0 atom stereocenters. The molecule has 4 heteroatoms. The van der Waals surface area contributed by atoms with Crippen LogP contribution in [0.15, 0.2) is 30.3 Å². The van der Waals surface area contributed by atoms with Gasteiger partial charge in [0.2, 0.25) is 5.91 Å². The molecule has 0 saturated carbocycles. The maximum absolute atomic E-state index is 13.0. The normalized spacial score (nSPS) is 17.4. The van der Waals surface area contributed by atoms with Gasteiger partial charge in [0.25, 0.3) is 5.91 Å². The predicted octanol–water partition coefficient (Wildman–Crippen LogP) is 2.67. The summed E-state index contributed by atoms with van der Waals surface area (Å²) in [6, 6.07) is 10.4. The first-order valence-electron chi connectivity index (χ1n) is 8.74. The molecule has 1 saturated heterocycles. The van der Waals surface area contributed by atoms with Crippen molar-refractivity contribution in [3.8, 4) is 0 Å². The lowest BCUT2D eigenvalue weighted by Crippen LogP contribution is -2.39. The minimum Gasteiger partial charge on any atom is -0.370 e. The monoisotopic (exact) mass is 322 g/mol. The topological polar surface area (TPSA) is 63.4 Å². The van der Waals surface area contributed by atoms with Crippen LogP contribution in [0.3, 0.4) is 0 Å². The third kappa shape index (κ3) is 2.56. The second kappa shape index (κ2) is 5.93. The van der Waals surface area contributed by atoms with E-state index in [1.807, 2.05) is 11.0 Å². The van der Waals surface area contributed by atoms with Gasteiger partial charge in [-0.15, -0.1) is 0 Å². The fourth-order valence-electron chi connectivity index (χ4n) is 4.23. The molecular formula is C20H22N2O2. The Morgan fingerprint density at radius 2 is 1.75 bits per heavy atom. The zero-order valence-electron chi connectivity index (χ0n) is 13.8. The Morgan fingerprint density at radius 1 is 1.04 bits per heavy atom. The molecular weight excluding hydrogens is 300 g/mol. The maximum atomic E-state index is 13.0. The van der Waals surface area contributed by atoms with Crippen LogP contribution in [0.1, 0.15) is 40.7 Å². The zero-order chi connectivity index (χ0) is 16.7. The summed E-state index contributed by atoms with van der Waals surface area (Å²) in [5.74, 6) is 0.190. The van der Waals surface area contributed by atoms with Crippen LogP contribution in [0.4, 0.5) is 0 Å². The first kappa shape index (κ1) is 15.2. The average molecular weight is 322 g/mol. The molecule has 4 nitrogen and oxygen atoms in total. The number of hydrogen-bond acceptors (Lipinski definition) is 2. The quantitative estimate of drug-likeness (QED) is 0.944. The van der Waals surface area contributed by atoms with Crippen LogP contribution >= 0.6 is 0 Å². The van der Waals surface area contributed by atoms with Crippen molar-refractivity contribution in [2.24, 2.45) is 11.7 Å². The maximum Gasteiger partial charge on any atom is 0.254 e. The summed E-state index contributed by atoms with van der Waals surface area (Å²) >= 11 is 0. The molecule has 0 aromatic heterocycles. The summed E-state index contributed by atoms with van der Waals surface area (Å²) < 4.78 is 0. The van der Waals surface area contributed by atoms with E-state index in [1.165, 1.54) is 16.5 Å². The van der Waals surface area contributed by atoms with E-state index in [9.17, 15) is 9.59 Å². The number of aryl methyl sites for hydroxylation is 2. The lowest BCUT2D eigenvalue weighted by Gasteiger charge is -2.32. The number of benzene rings is 2. The SMILES string of the molecule is NC(=O)CC1CCN(C(=O)c2ccc3c4c(cccc24)CC3)CC1. The van der Waals surface area contributed by atoms with Crippen molar-refractivity contribution in [1.82, 2.24) is 4.90 Å². The molecule has 1 heterocycles. The second-order valence-corrected chi connectivity index (χ2v) is 7.02. The molecule has 2 amide bonds. The number of hydrogen-bond donors (Lipinski definition) is 1. The Kier molecular flexibility index (Phi) is 3.75. The molecule has 0 spiro atoms. The number of nitrogens with two attached hydrogens (primary N) is 1. The van der Waals surface area contributed by atoms with Gasteiger partial charge in [-0.3, -0.25) is 9.59 Å². The zero-order valence-corrected chi connectivity index (χ0v) is 13.8. The van der Waals surface area contributed by atoms with Crippen molar-refractivity contribution in [3.05, 3.63) is 47.0 Å². The van der Waals surface area contributed by atoms with Gasteiger partial charge in [-0.1, -0.05) is 24.3 Å². The van der Waals surface area contributed by atoms with E-state index in [0.717, 1.165) is 36.6 Å². The van der Waals surface area contributed by atoms with Crippen LogP contribution < -0.4 is 5.73 Å². The lowest BCUT2D eigenvalue weighted by atomic mass is 9.92. The van der Waals surface area contributed by atoms with Crippen LogP contribution in [-0.2, 0) is 17.6 Å². The van der Waals surface area contributed by atoms with Gasteiger partial charge >= 0.3 is 0 Å². The van der Waals surface area contributed by atoms with Gasteiger partial charge in [-0.05, 0) is 59.6 Å². The van der Waals surface area contributed by atoms with Crippen molar-refractivity contribution in [2.75, 3.05) is 13.1 Å². The van der Waals surface area contributed by atoms with Gasteiger partial charge < -0.3 is 10.6 Å². The molecule has 24 heavy (non-hydrogen) atoms. The largest absolute Gasteiger partial charge is 0.370 e. The number of rotatable bonds is 3. The highest BCUT2D eigenvalue weighted by molar-refractivity contribution is 6.09. The van der Waals surface area contributed by atoms with E-state index in [-0.39, 0.29) is 11.8 Å². The molecule has 0 unspecified atom stereocenters. The van der Waals surface area contributed by atoms with E-state index < -0.39 is 0 Å². The molecule has 1 aliphatic carbocycles. The van der Waals surface area contributed by atoms with E-state index in [2.05, 4.69) is 24.3 Å². The van der Waals surface area contributed by atoms with Gasteiger partial charge in [0, 0.05) is 25.1 Å². The van der Waals surface area contributed by atoms with E-state index in [1.54, 1.807) is 0 Å². The number of carbonyl (C=O) groups excluding carboxylic acids is 2. The smallest absolute Gasteiger partial charge is 0.254 e. The molecule has 2 aromatic carbocycles. The minimum atomic E-state index is -0.243. The predicted molar refractivity (Wildman–Crippen MR) is 93.8 cm³/mol. The summed E-state index contributed by atoms with van der Waals surface area (Å²) in [5.41, 5.74) is 8.81. The number of carbonyl (C=O) groups is 2. The Hall–Kier alpha value is -2.36. The number of likely N-dealkylation sites (tertiary alicyclic amines) is 1. The Labute approximate surface area is 141 Å². The highest BCUT2D eigenvalue weighted by Crippen LogP contribution is 2.33. The molecule has 1 aliphatic heterocycles. The second-order valence-electron chi connectivity index (χ2n) is 7.02. The average Bonchev–Trinajstić information content (AvgIpc) is 3.00. The van der Waals surface area contributed by atoms with Gasteiger partial charge in [0.05, 0.1) is 0 Å². The molecule has 124 valence electrons. The number of piperidine rings is 1. The van der Waals surface area contributed by atoms with Crippen molar-refractivity contribution in [3.63, 3.8) is 0 Å². The molecule has 2 N–H and O–H groups in total. The standard InChI is InChI=1S/C20H22N2O2/c21-18(23)12-13-8-10-22(11-9-13)20(24)17-7-6-15-5-4-14-2-1-3-16(17)19(14)15/h1-3,6-7,13H,4-5,8-12H2,(H2,21,23). The van der Waals surface area contributed by atoms with Crippen LogP contribution in [0, 0.1) is 5.92 Å². The van der Waals surface area contributed by atoms with E-state index in [4.69, 9.17) is 5.73 Å². The molecule has 0 bridgehead atoms. The summed E-state index contributed by atoms with van der Waals surface area (Å²) in [7, 11) is 0. The van der Waals surface area contributed by atoms with Gasteiger partial charge in [0.1, 0.15) is 0 Å². The first-order valence-corrected chi connectivity index (χ1v) is 8.74. The van der Waals surface area contributed by atoms with Crippen LogP contribution in [-0.4, -0.2) is 29.8 Å². The third-order valence-corrected chi connectivity index (χ3v) is 5.50. The van der Waals surface area contributed by atoms with Crippen molar-refractivity contribution in [1.29, 1.82) is 0 Å². The van der Waals surface area contributed by atoms with Gasteiger partial charge in [-0.2, -0.15) is 0 Å². The molecule has 2 aromatic rings. The van der Waals surface area contributed by atoms with Crippen molar-refractivity contribution < 1.29 is 9.59 Å². The fraction of sp³-hybridized carbons (Fsp3) is 0.400. The first-order chi connectivity index (χ1) is 11.6. The van der Waals surface area contributed by atoms with Crippen LogP contribution in [0.25, 0.3) is 10.8 Å². The Morgan fingerprint density at radius 3 is 2.46 bits per heavy atom. The van der Waals surface area contributed by atoms with Crippen molar-refractivity contribution in [2.45, 2.75) is 32.1 Å². The lowest BCUT2D eigenvalue weighted by molar-refractivity contribution is -0.119. The third-order valence-electron chi connectivity index (χ3n) is 5.50. The summed E-state index contributed by atoms with van der Waals surface area (Å²) in [4.78, 5) is 26.0. The molecule has 2 aliphatic rings. The number of amides is 2. The Bertz CT molecular complexity index is 809. The Balaban J connectivity index is 1.58. The highest BCUT2D eigenvalue weighted by atomic mass is 16.2. The highest BCUT2D eigenvalue weighted by Gasteiger charge is 2.26.